The molecule has 0 aliphatic heterocycles. The summed E-state index contributed by atoms with van der Waals surface area (Å²) in [5, 5.41) is 13.1. The van der Waals surface area contributed by atoms with Crippen LogP contribution in [0.5, 0.6) is 0 Å². The van der Waals surface area contributed by atoms with Gasteiger partial charge in [-0.15, -0.1) is 0 Å². The molecule has 1 aromatic carbocycles. The SMILES string of the molecule is CCN(CC)CCCC(C)Nc1cc(Cl)ccc1C#N. The summed E-state index contributed by atoms with van der Waals surface area (Å²) in [5.41, 5.74) is 1.47. The van der Waals surface area contributed by atoms with Gasteiger partial charge < -0.3 is 10.2 Å². The Morgan fingerprint density at radius 3 is 2.65 bits per heavy atom. The topological polar surface area (TPSA) is 39.1 Å². The maximum Gasteiger partial charge on any atom is 0.101 e. The highest BCUT2D eigenvalue weighted by Crippen LogP contribution is 2.21. The lowest BCUT2D eigenvalue weighted by Crippen LogP contribution is -2.25. The van der Waals surface area contributed by atoms with Gasteiger partial charge in [0.1, 0.15) is 6.07 Å². The normalized spacial score (nSPS) is 12.2. The maximum absolute atomic E-state index is 9.10. The van der Waals surface area contributed by atoms with Gasteiger partial charge in [0.25, 0.3) is 0 Å². The van der Waals surface area contributed by atoms with Crippen molar-refractivity contribution >= 4 is 17.3 Å². The molecule has 0 aliphatic carbocycles. The van der Waals surface area contributed by atoms with Gasteiger partial charge in [-0.1, -0.05) is 25.4 Å². The first-order valence-corrected chi connectivity index (χ1v) is 7.67. The highest BCUT2D eigenvalue weighted by Gasteiger charge is 2.08. The summed E-state index contributed by atoms with van der Waals surface area (Å²) in [5.74, 6) is 0. The molecule has 0 saturated heterocycles. The fraction of sp³-hybridized carbons (Fsp3) is 0.562. The van der Waals surface area contributed by atoms with Crippen molar-refractivity contribution in [3.8, 4) is 6.07 Å². The molecule has 0 radical (unpaired) electrons. The quantitative estimate of drug-likeness (QED) is 0.783. The van der Waals surface area contributed by atoms with Gasteiger partial charge in [-0.3, -0.25) is 0 Å². The number of nitrogens with one attached hydrogen (secondary N) is 1. The van der Waals surface area contributed by atoms with Crippen molar-refractivity contribution < 1.29 is 0 Å². The van der Waals surface area contributed by atoms with Crippen LogP contribution in [0.4, 0.5) is 5.69 Å². The number of benzene rings is 1. The van der Waals surface area contributed by atoms with Crippen molar-refractivity contribution in [2.24, 2.45) is 0 Å². The average molecular weight is 294 g/mol. The van der Waals surface area contributed by atoms with Gasteiger partial charge in [0.05, 0.1) is 11.3 Å². The van der Waals surface area contributed by atoms with E-state index in [1.165, 1.54) is 0 Å². The van der Waals surface area contributed by atoms with E-state index < -0.39 is 0 Å². The Balaban J connectivity index is 2.48. The van der Waals surface area contributed by atoms with E-state index >= 15 is 0 Å². The van der Waals surface area contributed by atoms with Crippen LogP contribution in [0.1, 0.15) is 39.2 Å². The molecule has 3 nitrogen and oxygen atoms in total. The molecule has 0 aromatic heterocycles. The number of anilines is 1. The molecular formula is C16H24ClN3. The minimum Gasteiger partial charge on any atom is -0.381 e. The first-order valence-electron chi connectivity index (χ1n) is 7.29. The summed E-state index contributed by atoms with van der Waals surface area (Å²) in [6.07, 6.45) is 2.23. The molecular weight excluding hydrogens is 270 g/mol. The zero-order valence-corrected chi connectivity index (χ0v) is 13.4. The monoisotopic (exact) mass is 293 g/mol. The summed E-state index contributed by atoms with van der Waals surface area (Å²) in [6.45, 7) is 9.85. The van der Waals surface area contributed by atoms with Crippen LogP contribution in [-0.4, -0.2) is 30.6 Å². The van der Waals surface area contributed by atoms with Crippen LogP contribution in [0.3, 0.4) is 0 Å². The predicted octanol–water partition coefficient (Wildman–Crippen LogP) is 4.13. The summed E-state index contributed by atoms with van der Waals surface area (Å²) in [6, 6.07) is 7.85. The Labute approximate surface area is 127 Å². The van der Waals surface area contributed by atoms with Gasteiger partial charge >= 0.3 is 0 Å². The van der Waals surface area contributed by atoms with Crippen molar-refractivity contribution in [1.29, 1.82) is 5.26 Å². The standard InChI is InChI=1S/C16H24ClN3/c1-4-20(5-2)10-6-7-13(3)19-16-11-15(17)9-8-14(16)12-18/h8-9,11,13,19H,4-7,10H2,1-3H3. The lowest BCUT2D eigenvalue weighted by atomic mass is 10.1. The molecule has 0 spiro atoms. The van der Waals surface area contributed by atoms with Crippen molar-refractivity contribution in [2.75, 3.05) is 25.0 Å². The molecule has 0 saturated carbocycles. The molecule has 0 bridgehead atoms. The van der Waals surface area contributed by atoms with Gasteiger partial charge in [0.15, 0.2) is 0 Å². The Hall–Kier alpha value is -1.24. The average Bonchev–Trinajstić information content (AvgIpc) is 2.44. The Morgan fingerprint density at radius 1 is 1.35 bits per heavy atom. The van der Waals surface area contributed by atoms with Crippen molar-refractivity contribution in [3.63, 3.8) is 0 Å². The number of rotatable bonds is 8. The molecule has 1 atom stereocenters. The van der Waals surface area contributed by atoms with Gasteiger partial charge in [-0.2, -0.15) is 5.26 Å². The van der Waals surface area contributed by atoms with Gasteiger partial charge in [0, 0.05) is 11.1 Å². The molecule has 0 heterocycles. The molecule has 0 amide bonds. The Morgan fingerprint density at radius 2 is 2.05 bits per heavy atom. The van der Waals surface area contributed by atoms with Gasteiger partial charge in [0.2, 0.25) is 0 Å². The summed E-state index contributed by atoms with van der Waals surface area (Å²) in [7, 11) is 0. The van der Waals surface area contributed by atoms with Crippen molar-refractivity contribution in [1.82, 2.24) is 4.90 Å². The minimum atomic E-state index is 0.330. The van der Waals surface area contributed by atoms with Gasteiger partial charge in [-0.05, 0) is 57.6 Å². The molecule has 4 heteroatoms. The van der Waals surface area contributed by atoms with Crippen LogP contribution in [0.2, 0.25) is 5.02 Å². The van der Waals surface area contributed by atoms with Crippen LogP contribution in [0.25, 0.3) is 0 Å². The van der Waals surface area contributed by atoms with Crippen LogP contribution in [-0.2, 0) is 0 Å². The maximum atomic E-state index is 9.10. The van der Waals surface area contributed by atoms with Crippen LogP contribution in [0, 0.1) is 11.3 Å². The fourth-order valence-corrected chi connectivity index (χ4v) is 2.40. The smallest absolute Gasteiger partial charge is 0.101 e. The first-order chi connectivity index (χ1) is 9.60. The largest absolute Gasteiger partial charge is 0.381 e. The number of hydrogen-bond acceptors (Lipinski definition) is 3. The second-order valence-electron chi connectivity index (χ2n) is 5.02. The van der Waals surface area contributed by atoms with E-state index in [9.17, 15) is 0 Å². The number of hydrogen-bond donors (Lipinski definition) is 1. The molecule has 110 valence electrons. The number of halogens is 1. The molecule has 0 aliphatic rings. The van der Waals surface area contributed by atoms with E-state index in [-0.39, 0.29) is 0 Å². The van der Waals surface area contributed by atoms with E-state index in [4.69, 9.17) is 16.9 Å². The van der Waals surface area contributed by atoms with Gasteiger partial charge in [-0.25, -0.2) is 0 Å². The second kappa shape index (κ2) is 8.84. The second-order valence-corrected chi connectivity index (χ2v) is 5.45. The molecule has 1 unspecified atom stereocenters. The van der Waals surface area contributed by atoms with E-state index in [0.717, 1.165) is 38.2 Å². The fourth-order valence-electron chi connectivity index (χ4n) is 2.23. The Bertz CT molecular complexity index is 450. The minimum absolute atomic E-state index is 0.330. The summed E-state index contributed by atoms with van der Waals surface area (Å²) < 4.78 is 0. The molecule has 0 fully saturated rings. The zero-order chi connectivity index (χ0) is 15.0. The lowest BCUT2D eigenvalue weighted by Gasteiger charge is -2.20. The summed E-state index contributed by atoms with van der Waals surface area (Å²) >= 11 is 5.98. The zero-order valence-electron chi connectivity index (χ0n) is 12.6. The molecule has 20 heavy (non-hydrogen) atoms. The first kappa shape index (κ1) is 16.8. The van der Waals surface area contributed by atoms with Crippen molar-refractivity contribution in [3.05, 3.63) is 28.8 Å². The highest BCUT2D eigenvalue weighted by molar-refractivity contribution is 6.30. The third-order valence-corrected chi connectivity index (χ3v) is 3.74. The summed E-state index contributed by atoms with van der Waals surface area (Å²) in [4.78, 5) is 2.42. The molecule has 1 aromatic rings. The van der Waals surface area contributed by atoms with E-state index in [1.807, 2.05) is 6.07 Å². The third-order valence-electron chi connectivity index (χ3n) is 3.51. The lowest BCUT2D eigenvalue weighted by molar-refractivity contribution is 0.295. The van der Waals surface area contributed by atoms with Crippen LogP contribution in [0.15, 0.2) is 18.2 Å². The molecule has 1 rings (SSSR count). The predicted molar refractivity (Wildman–Crippen MR) is 86.3 cm³/mol. The van der Waals surface area contributed by atoms with E-state index in [0.29, 0.717) is 16.6 Å². The molecule has 1 N–H and O–H groups in total. The van der Waals surface area contributed by atoms with E-state index in [2.05, 4.69) is 37.1 Å². The number of nitriles is 1. The third kappa shape index (κ3) is 5.40. The van der Waals surface area contributed by atoms with E-state index in [1.54, 1.807) is 12.1 Å². The highest BCUT2D eigenvalue weighted by atomic mass is 35.5. The Kier molecular flexibility index (Phi) is 7.43. The van der Waals surface area contributed by atoms with Crippen molar-refractivity contribution in [2.45, 2.75) is 39.7 Å². The number of nitrogens with zero attached hydrogens (tertiary/aromatic N) is 2. The van der Waals surface area contributed by atoms with Crippen LogP contribution >= 0.6 is 11.6 Å². The van der Waals surface area contributed by atoms with Crippen LogP contribution < -0.4 is 5.32 Å².